The molecule has 104 valence electrons. The second-order valence-electron chi connectivity index (χ2n) is 3.96. The lowest BCUT2D eigenvalue weighted by Crippen LogP contribution is -2.19. The van der Waals surface area contributed by atoms with Gasteiger partial charge in [-0.15, -0.1) is 0 Å². The SMILES string of the molecule is COc1ccc(C(=O)NN=C(C)c2ccco2)cc1Br. The molecule has 0 bridgehead atoms. The molecule has 0 radical (unpaired) electrons. The van der Waals surface area contributed by atoms with E-state index in [0.29, 0.717) is 27.3 Å². The molecule has 1 aromatic carbocycles. The van der Waals surface area contributed by atoms with Crippen LogP contribution >= 0.6 is 15.9 Å². The first-order chi connectivity index (χ1) is 9.61. The summed E-state index contributed by atoms with van der Waals surface area (Å²) in [6.45, 7) is 1.75. The van der Waals surface area contributed by atoms with Gasteiger partial charge >= 0.3 is 0 Å². The zero-order valence-electron chi connectivity index (χ0n) is 11.0. The summed E-state index contributed by atoms with van der Waals surface area (Å²) in [5.41, 5.74) is 3.55. The third-order valence-electron chi connectivity index (χ3n) is 2.62. The molecule has 0 aliphatic heterocycles. The third kappa shape index (κ3) is 3.27. The quantitative estimate of drug-likeness (QED) is 0.688. The van der Waals surface area contributed by atoms with E-state index in [9.17, 15) is 4.79 Å². The first-order valence-electron chi connectivity index (χ1n) is 5.84. The summed E-state index contributed by atoms with van der Waals surface area (Å²) < 4.78 is 11.0. The van der Waals surface area contributed by atoms with Crippen LogP contribution in [0.2, 0.25) is 0 Å². The van der Waals surface area contributed by atoms with Gasteiger partial charge in [0.25, 0.3) is 5.91 Å². The van der Waals surface area contributed by atoms with Gasteiger partial charge < -0.3 is 9.15 Å². The molecule has 1 aromatic heterocycles. The molecular formula is C14H13BrN2O3. The molecule has 0 unspecified atom stereocenters. The minimum atomic E-state index is -0.306. The number of rotatable bonds is 4. The number of benzene rings is 1. The molecule has 0 aliphatic carbocycles. The van der Waals surface area contributed by atoms with E-state index in [1.165, 1.54) is 0 Å². The van der Waals surface area contributed by atoms with Crippen LogP contribution in [0.3, 0.4) is 0 Å². The molecule has 5 nitrogen and oxygen atoms in total. The number of methoxy groups -OCH3 is 1. The molecule has 1 N–H and O–H groups in total. The van der Waals surface area contributed by atoms with Gasteiger partial charge in [-0.2, -0.15) is 5.10 Å². The van der Waals surface area contributed by atoms with Crippen LogP contribution in [0.1, 0.15) is 23.0 Å². The molecule has 2 rings (SSSR count). The van der Waals surface area contributed by atoms with E-state index in [2.05, 4.69) is 26.5 Å². The van der Waals surface area contributed by atoms with Crippen molar-refractivity contribution in [1.82, 2.24) is 5.43 Å². The van der Waals surface area contributed by atoms with Crippen LogP contribution in [-0.4, -0.2) is 18.7 Å². The standard InChI is InChI=1S/C14H13BrN2O3/c1-9(12-4-3-7-20-12)16-17-14(18)10-5-6-13(19-2)11(15)8-10/h3-8H,1-2H3,(H,17,18). The van der Waals surface area contributed by atoms with Crippen molar-refractivity contribution in [3.63, 3.8) is 0 Å². The van der Waals surface area contributed by atoms with Crippen molar-refractivity contribution in [1.29, 1.82) is 0 Å². The van der Waals surface area contributed by atoms with Crippen molar-refractivity contribution in [3.8, 4) is 5.75 Å². The summed E-state index contributed by atoms with van der Waals surface area (Å²) in [6, 6.07) is 8.58. The lowest BCUT2D eigenvalue weighted by Gasteiger charge is -2.05. The van der Waals surface area contributed by atoms with E-state index >= 15 is 0 Å². The van der Waals surface area contributed by atoms with Gasteiger partial charge in [0.05, 0.1) is 17.8 Å². The highest BCUT2D eigenvalue weighted by Gasteiger charge is 2.09. The van der Waals surface area contributed by atoms with Gasteiger partial charge in [-0.1, -0.05) is 0 Å². The fourth-order valence-corrected chi connectivity index (χ4v) is 2.09. The number of ether oxygens (including phenoxy) is 1. The third-order valence-corrected chi connectivity index (χ3v) is 3.24. The van der Waals surface area contributed by atoms with Gasteiger partial charge in [-0.3, -0.25) is 4.79 Å². The zero-order valence-corrected chi connectivity index (χ0v) is 12.6. The van der Waals surface area contributed by atoms with Gasteiger partial charge in [0, 0.05) is 5.56 Å². The fraction of sp³-hybridized carbons (Fsp3) is 0.143. The van der Waals surface area contributed by atoms with Crippen LogP contribution in [0.5, 0.6) is 5.75 Å². The Balaban J connectivity index is 2.09. The van der Waals surface area contributed by atoms with Gasteiger partial charge in [0.15, 0.2) is 0 Å². The maximum Gasteiger partial charge on any atom is 0.271 e. The molecule has 0 spiro atoms. The Morgan fingerprint density at radius 3 is 2.80 bits per heavy atom. The minimum absolute atomic E-state index is 0.306. The molecule has 0 saturated carbocycles. The van der Waals surface area contributed by atoms with Gasteiger partial charge in [-0.05, 0) is 53.2 Å². The first-order valence-corrected chi connectivity index (χ1v) is 6.63. The highest BCUT2D eigenvalue weighted by molar-refractivity contribution is 9.10. The number of hydrogen-bond acceptors (Lipinski definition) is 4. The summed E-state index contributed by atoms with van der Waals surface area (Å²) in [4.78, 5) is 12.0. The number of halogens is 1. The molecule has 6 heteroatoms. The Kier molecular flexibility index (Phi) is 4.57. The normalized spacial score (nSPS) is 11.2. The molecule has 1 heterocycles. The summed E-state index contributed by atoms with van der Waals surface area (Å²) in [5.74, 6) is 0.970. The predicted molar refractivity (Wildman–Crippen MR) is 79.1 cm³/mol. The number of hydrogen-bond donors (Lipinski definition) is 1. The molecular weight excluding hydrogens is 324 g/mol. The van der Waals surface area contributed by atoms with E-state index in [1.807, 2.05) is 0 Å². The molecule has 2 aromatic rings. The van der Waals surface area contributed by atoms with Crippen molar-refractivity contribution in [2.75, 3.05) is 7.11 Å². The van der Waals surface area contributed by atoms with Crippen LogP contribution in [0.4, 0.5) is 0 Å². The highest BCUT2D eigenvalue weighted by Crippen LogP contribution is 2.25. The first kappa shape index (κ1) is 14.3. The molecule has 0 aliphatic rings. The molecule has 0 atom stereocenters. The summed E-state index contributed by atoms with van der Waals surface area (Å²) in [7, 11) is 1.57. The lowest BCUT2D eigenvalue weighted by atomic mass is 10.2. The fourth-order valence-electron chi connectivity index (χ4n) is 1.55. The van der Waals surface area contributed by atoms with Crippen LogP contribution < -0.4 is 10.2 Å². The Bertz CT molecular complexity index is 636. The maximum atomic E-state index is 12.0. The Morgan fingerprint density at radius 1 is 1.40 bits per heavy atom. The van der Waals surface area contributed by atoms with E-state index in [1.54, 1.807) is 50.6 Å². The average Bonchev–Trinajstić information content (AvgIpc) is 2.98. The second-order valence-corrected chi connectivity index (χ2v) is 4.82. The van der Waals surface area contributed by atoms with Crippen molar-refractivity contribution in [2.45, 2.75) is 6.92 Å². The Labute approximate surface area is 124 Å². The summed E-state index contributed by atoms with van der Waals surface area (Å²) in [5, 5.41) is 3.99. The van der Waals surface area contributed by atoms with Crippen molar-refractivity contribution >= 4 is 27.5 Å². The molecule has 0 fully saturated rings. The second kappa shape index (κ2) is 6.38. The number of carbonyl (C=O) groups is 1. The largest absolute Gasteiger partial charge is 0.496 e. The average molecular weight is 337 g/mol. The van der Waals surface area contributed by atoms with Crippen LogP contribution in [0.25, 0.3) is 0 Å². The maximum absolute atomic E-state index is 12.0. The monoisotopic (exact) mass is 336 g/mol. The van der Waals surface area contributed by atoms with Gasteiger partial charge in [0.1, 0.15) is 17.2 Å². The van der Waals surface area contributed by atoms with Crippen LogP contribution in [0, 0.1) is 0 Å². The van der Waals surface area contributed by atoms with Crippen LogP contribution in [0.15, 0.2) is 50.6 Å². The number of furan rings is 1. The minimum Gasteiger partial charge on any atom is -0.496 e. The predicted octanol–water partition coefficient (Wildman–Crippen LogP) is 3.20. The number of nitrogens with one attached hydrogen (secondary N) is 1. The van der Waals surface area contributed by atoms with E-state index < -0.39 is 0 Å². The Hall–Kier alpha value is -2.08. The van der Waals surface area contributed by atoms with Crippen molar-refractivity contribution in [3.05, 3.63) is 52.4 Å². The van der Waals surface area contributed by atoms with Gasteiger partial charge in [0.2, 0.25) is 0 Å². The molecule has 0 saturated heterocycles. The van der Waals surface area contributed by atoms with Crippen LogP contribution in [-0.2, 0) is 0 Å². The number of nitrogens with zero attached hydrogens (tertiary/aromatic N) is 1. The van der Waals surface area contributed by atoms with E-state index in [0.717, 1.165) is 0 Å². The molecule has 20 heavy (non-hydrogen) atoms. The number of amides is 1. The van der Waals surface area contributed by atoms with Gasteiger partial charge in [-0.25, -0.2) is 5.43 Å². The lowest BCUT2D eigenvalue weighted by molar-refractivity contribution is 0.0954. The van der Waals surface area contributed by atoms with E-state index in [-0.39, 0.29) is 5.91 Å². The Morgan fingerprint density at radius 2 is 2.20 bits per heavy atom. The van der Waals surface area contributed by atoms with Crippen molar-refractivity contribution < 1.29 is 13.9 Å². The summed E-state index contributed by atoms with van der Waals surface area (Å²) in [6.07, 6.45) is 1.55. The number of hydrazone groups is 1. The zero-order chi connectivity index (χ0) is 14.5. The smallest absolute Gasteiger partial charge is 0.271 e. The number of carbonyl (C=O) groups excluding carboxylic acids is 1. The topological polar surface area (TPSA) is 63.8 Å². The van der Waals surface area contributed by atoms with Crippen molar-refractivity contribution in [2.24, 2.45) is 5.10 Å². The summed E-state index contributed by atoms with van der Waals surface area (Å²) >= 11 is 3.33. The molecule has 1 amide bonds. The highest BCUT2D eigenvalue weighted by atomic mass is 79.9. The van der Waals surface area contributed by atoms with E-state index in [4.69, 9.17) is 9.15 Å².